The minimum atomic E-state index is 0.246. The van der Waals surface area contributed by atoms with Crippen LogP contribution in [0, 0.1) is 0 Å². The van der Waals surface area contributed by atoms with Crippen LogP contribution in [0.1, 0.15) is 52.9 Å². The summed E-state index contributed by atoms with van der Waals surface area (Å²) in [7, 11) is 0. The van der Waals surface area contributed by atoms with Crippen LogP contribution in [0.5, 0.6) is 0 Å². The van der Waals surface area contributed by atoms with Gasteiger partial charge in [-0.25, -0.2) is 0 Å². The number of Topliss-reactive ketones (excluding diaryl/α,β-unsaturated/α-hetero) is 1. The fourth-order valence-corrected chi connectivity index (χ4v) is 1.59. The van der Waals surface area contributed by atoms with E-state index in [1.807, 2.05) is 13.8 Å². The summed E-state index contributed by atoms with van der Waals surface area (Å²) >= 11 is 0. The molecule has 0 aromatic rings. The molecule has 0 saturated heterocycles. The number of ketones is 1. The largest absolute Gasteiger partial charge is 0.307 e. The number of carbonyl (C=O) groups is 1. The molecule has 0 unspecified atom stereocenters. The highest BCUT2D eigenvalue weighted by Gasteiger charge is 2.12. The molecule has 1 rings (SSSR count). The summed E-state index contributed by atoms with van der Waals surface area (Å²) < 4.78 is 0. The Hall–Kier alpha value is -0.370. The molecule has 1 N–H and O–H groups in total. The summed E-state index contributed by atoms with van der Waals surface area (Å²) in [4.78, 5) is 10.6. The minimum absolute atomic E-state index is 0.246. The standard InChI is InChI=1S/C9H17NO.C2H6/c1-8(11)7-10-9-5-3-2-4-6-9;1-2/h9-10H,2-7H2,1H3;1-2H3. The molecule has 0 atom stereocenters. The van der Waals surface area contributed by atoms with E-state index in [2.05, 4.69) is 5.32 Å². The Bertz CT molecular complexity index is 128. The van der Waals surface area contributed by atoms with Gasteiger partial charge in [0.2, 0.25) is 0 Å². The predicted molar refractivity (Wildman–Crippen MR) is 56.9 cm³/mol. The van der Waals surface area contributed by atoms with Crippen molar-refractivity contribution in [2.75, 3.05) is 6.54 Å². The maximum absolute atomic E-state index is 10.6. The molecule has 1 saturated carbocycles. The van der Waals surface area contributed by atoms with Crippen molar-refractivity contribution in [2.24, 2.45) is 0 Å². The summed E-state index contributed by atoms with van der Waals surface area (Å²) in [6.45, 7) is 6.19. The van der Waals surface area contributed by atoms with Gasteiger partial charge in [-0.1, -0.05) is 33.1 Å². The SMILES string of the molecule is CC.CC(=O)CNC1CCCCC1. The molecule has 0 amide bonds. The molecule has 78 valence electrons. The van der Waals surface area contributed by atoms with Gasteiger partial charge in [0, 0.05) is 6.04 Å². The first-order valence-corrected chi connectivity index (χ1v) is 5.52. The van der Waals surface area contributed by atoms with Crippen LogP contribution in [-0.2, 0) is 4.79 Å². The van der Waals surface area contributed by atoms with Crippen molar-refractivity contribution in [3.63, 3.8) is 0 Å². The first-order valence-electron chi connectivity index (χ1n) is 5.52. The third kappa shape index (κ3) is 6.76. The van der Waals surface area contributed by atoms with Gasteiger partial charge in [-0.05, 0) is 19.8 Å². The predicted octanol–water partition coefficient (Wildman–Crippen LogP) is 2.52. The second kappa shape index (κ2) is 8.24. The molecule has 0 radical (unpaired) electrons. The van der Waals surface area contributed by atoms with Crippen LogP contribution in [-0.4, -0.2) is 18.4 Å². The van der Waals surface area contributed by atoms with Crippen LogP contribution in [0.25, 0.3) is 0 Å². The molecule has 1 aliphatic carbocycles. The normalized spacial score (nSPS) is 17.5. The van der Waals surface area contributed by atoms with Gasteiger partial charge in [-0.15, -0.1) is 0 Å². The Balaban J connectivity index is 0.000000671. The summed E-state index contributed by atoms with van der Waals surface area (Å²) in [5.74, 6) is 0.246. The molecule has 0 spiro atoms. The fourth-order valence-electron chi connectivity index (χ4n) is 1.59. The zero-order valence-electron chi connectivity index (χ0n) is 9.23. The van der Waals surface area contributed by atoms with Crippen molar-refractivity contribution in [1.29, 1.82) is 0 Å². The number of hydrogen-bond donors (Lipinski definition) is 1. The summed E-state index contributed by atoms with van der Waals surface area (Å²) in [5, 5.41) is 3.27. The quantitative estimate of drug-likeness (QED) is 0.732. The highest BCUT2D eigenvalue weighted by Crippen LogP contribution is 2.16. The van der Waals surface area contributed by atoms with E-state index < -0.39 is 0 Å². The highest BCUT2D eigenvalue weighted by atomic mass is 16.1. The fraction of sp³-hybridized carbons (Fsp3) is 0.909. The van der Waals surface area contributed by atoms with E-state index in [0.29, 0.717) is 12.6 Å². The second-order valence-corrected chi connectivity index (χ2v) is 3.42. The Morgan fingerprint density at radius 3 is 2.23 bits per heavy atom. The second-order valence-electron chi connectivity index (χ2n) is 3.42. The Morgan fingerprint density at radius 1 is 1.23 bits per heavy atom. The Kier molecular flexibility index (Phi) is 8.00. The zero-order chi connectivity index (χ0) is 10.1. The summed E-state index contributed by atoms with van der Waals surface area (Å²) in [6.07, 6.45) is 6.55. The maximum Gasteiger partial charge on any atom is 0.143 e. The van der Waals surface area contributed by atoms with Crippen LogP contribution < -0.4 is 5.32 Å². The van der Waals surface area contributed by atoms with Crippen molar-refractivity contribution >= 4 is 5.78 Å². The molecule has 13 heavy (non-hydrogen) atoms. The molecular weight excluding hydrogens is 162 g/mol. The van der Waals surface area contributed by atoms with E-state index in [-0.39, 0.29) is 5.78 Å². The third-order valence-electron chi connectivity index (χ3n) is 2.24. The molecule has 2 nitrogen and oxygen atoms in total. The van der Waals surface area contributed by atoms with Crippen molar-refractivity contribution in [1.82, 2.24) is 5.32 Å². The monoisotopic (exact) mass is 185 g/mol. The molecule has 1 aliphatic rings. The number of rotatable bonds is 3. The number of nitrogens with one attached hydrogen (secondary N) is 1. The van der Waals surface area contributed by atoms with Crippen LogP contribution in [0.3, 0.4) is 0 Å². The smallest absolute Gasteiger partial charge is 0.143 e. The van der Waals surface area contributed by atoms with Crippen LogP contribution in [0.2, 0.25) is 0 Å². The highest BCUT2D eigenvalue weighted by molar-refractivity contribution is 5.77. The van der Waals surface area contributed by atoms with Crippen molar-refractivity contribution in [2.45, 2.75) is 58.9 Å². The molecule has 0 aromatic carbocycles. The first-order chi connectivity index (χ1) is 6.29. The average Bonchev–Trinajstić information content (AvgIpc) is 2.19. The van der Waals surface area contributed by atoms with Gasteiger partial charge < -0.3 is 5.32 Å². The lowest BCUT2D eigenvalue weighted by atomic mass is 9.95. The van der Waals surface area contributed by atoms with Crippen LogP contribution in [0.4, 0.5) is 0 Å². The van der Waals surface area contributed by atoms with Gasteiger partial charge in [0.15, 0.2) is 0 Å². The maximum atomic E-state index is 10.6. The molecule has 2 heteroatoms. The molecule has 0 bridgehead atoms. The van der Waals surface area contributed by atoms with Crippen molar-refractivity contribution in [3.8, 4) is 0 Å². The molecule has 0 aromatic heterocycles. The average molecular weight is 185 g/mol. The van der Waals surface area contributed by atoms with Gasteiger partial charge in [-0.3, -0.25) is 4.79 Å². The van der Waals surface area contributed by atoms with E-state index in [0.717, 1.165) is 0 Å². The van der Waals surface area contributed by atoms with Gasteiger partial charge >= 0.3 is 0 Å². The molecule has 1 fully saturated rings. The summed E-state index contributed by atoms with van der Waals surface area (Å²) in [6, 6.07) is 0.618. The first kappa shape index (κ1) is 12.6. The Morgan fingerprint density at radius 2 is 1.77 bits per heavy atom. The van der Waals surface area contributed by atoms with Crippen molar-refractivity contribution < 1.29 is 4.79 Å². The third-order valence-corrected chi connectivity index (χ3v) is 2.24. The summed E-state index contributed by atoms with van der Waals surface area (Å²) in [5.41, 5.74) is 0. The number of hydrogen-bond acceptors (Lipinski definition) is 2. The van der Waals surface area contributed by atoms with E-state index in [4.69, 9.17) is 0 Å². The van der Waals surface area contributed by atoms with Gasteiger partial charge in [0.1, 0.15) is 5.78 Å². The molecular formula is C11H23NO. The lowest BCUT2D eigenvalue weighted by Gasteiger charge is -2.21. The topological polar surface area (TPSA) is 29.1 Å². The lowest BCUT2D eigenvalue weighted by Crippen LogP contribution is -2.34. The van der Waals surface area contributed by atoms with Crippen LogP contribution >= 0.6 is 0 Å². The van der Waals surface area contributed by atoms with Gasteiger partial charge in [0.05, 0.1) is 6.54 Å². The zero-order valence-corrected chi connectivity index (χ0v) is 9.23. The van der Waals surface area contributed by atoms with E-state index in [1.165, 1.54) is 32.1 Å². The van der Waals surface area contributed by atoms with E-state index in [1.54, 1.807) is 6.92 Å². The van der Waals surface area contributed by atoms with Gasteiger partial charge in [0.25, 0.3) is 0 Å². The van der Waals surface area contributed by atoms with Gasteiger partial charge in [-0.2, -0.15) is 0 Å². The molecule has 0 aliphatic heterocycles. The minimum Gasteiger partial charge on any atom is -0.307 e. The van der Waals surface area contributed by atoms with E-state index >= 15 is 0 Å². The Labute approximate surface area is 82.1 Å². The van der Waals surface area contributed by atoms with E-state index in [9.17, 15) is 4.79 Å². The van der Waals surface area contributed by atoms with Crippen LogP contribution in [0.15, 0.2) is 0 Å². The lowest BCUT2D eigenvalue weighted by molar-refractivity contribution is -0.116. The number of carbonyl (C=O) groups excluding carboxylic acids is 1. The molecule has 0 heterocycles. The van der Waals surface area contributed by atoms with Crippen molar-refractivity contribution in [3.05, 3.63) is 0 Å².